The lowest BCUT2D eigenvalue weighted by molar-refractivity contribution is -0.116. The van der Waals surface area contributed by atoms with E-state index in [1.807, 2.05) is 37.3 Å². The first-order valence-electron chi connectivity index (χ1n) is 9.34. The van der Waals surface area contributed by atoms with Crippen molar-refractivity contribution in [2.45, 2.75) is 20.4 Å². The highest BCUT2D eigenvalue weighted by atomic mass is 32.1. The number of amides is 1. The van der Waals surface area contributed by atoms with Crippen molar-refractivity contribution in [1.29, 1.82) is 0 Å². The van der Waals surface area contributed by atoms with Gasteiger partial charge in [0.2, 0.25) is 5.91 Å². The molecule has 4 rings (SSSR count). The lowest BCUT2D eigenvalue weighted by atomic mass is 10.1. The number of nitrogens with one attached hydrogen (secondary N) is 1. The Labute approximate surface area is 177 Å². The molecule has 0 spiro atoms. The van der Waals surface area contributed by atoms with Gasteiger partial charge in [-0.2, -0.15) is 0 Å². The number of hydrogen-bond donors (Lipinski definition) is 1. The first kappa shape index (κ1) is 19.8. The van der Waals surface area contributed by atoms with Crippen molar-refractivity contribution in [3.8, 4) is 17.0 Å². The molecule has 0 saturated carbocycles. The second-order valence-electron chi connectivity index (χ2n) is 6.77. The van der Waals surface area contributed by atoms with Crippen LogP contribution < -0.4 is 15.6 Å². The summed E-state index contributed by atoms with van der Waals surface area (Å²) in [5.41, 5.74) is 2.13. The Balaban J connectivity index is 1.55. The van der Waals surface area contributed by atoms with Crippen molar-refractivity contribution < 1.29 is 9.53 Å². The number of fused-ring (bicyclic) bond motifs is 1. The van der Waals surface area contributed by atoms with Gasteiger partial charge in [0.1, 0.15) is 18.1 Å². The average Bonchev–Trinajstić information content (AvgIpc) is 3.11. The van der Waals surface area contributed by atoms with Gasteiger partial charge >= 0.3 is 0 Å². The predicted octanol–water partition coefficient (Wildman–Crippen LogP) is 3.78. The number of carbonyl (C=O) groups is 1. The minimum atomic E-state index is -0.327. The van der Waals surface area contributed by atoms with Crippen molar-refractivity contribution >= 4 is 33.3 Å². The van der Waals surface area contributed by atoms with Crippen LogP contribution in [-0.4, -0.2) is 27.6 Å². The van der Waals surface area contributed by atoms with Crippen molar-refractivity contribution in [3.63, 3.8) is 0 Å². The van der Waals surface area contributed by atoms with E-state index in [-0.39, 0.29) is 18.0 Å². The Kier molecular flexibility index (Phi) is 5.33. The Morgan fingerprint density at radius 3 is 2.57 bits per heavy atom. The molecule has 0 atom stereocenters. The fraction of sp³-hybridized carbons (Fsp3) is 0.182. The molecule has 2 aromatic carbocycles. The first-order chi connectivity index (χ1) is 14.5. The SMILES string of the molecule is COc1ccc(-c2nc(NC(=O)Cn3c(C)nc4ccccc4c3=O)sc2C)cc1. The molecule has 0 aliphatic rings. The number of benzene rings is 2. The van der Waals surface area contributed by atoms with Gasteiger partial charge in [-0.3, -0.25) is 14.2 Å². The molecule has 152 valence electrons. The summed E-state index contributed by atoms with van der Waals surface area (Å²) in [7, 11) is 1.62. The van der Waals surface area contributed by atoms with Crippen molar-refractivity contribution in [2.24, 2.45) is 0 Å². The number of thiazole rings is 1. The Hall–Kier alpha value is -3.52. The zero-order valence-electron chi connectivity index (χ0n) is 16.8. The van der Waals surface area contributed by atoms with Gasteiger partial charge in [0.05, 0.1) is 23.7 Å². The summed E-state index contributed by atoms with van der Waals surface area (Å²) in [4.78, 5) is 35.3. The molecular formula is C22H20N4O3S. The Morgan fingerprint density at radius 1 is 1.10 bits per heavy atom. The lowest BCUT2D eigenvalue weighted by Crippen LogP contribution is -2.30. The van der Waals surface area contributed by atoms with E-state index in [1.165, 1.54) is 15.9 Å². The van der Waals surface area contributed by atoms with Gasteiger partial charge in [-0.15, -0.1) is 11.3 Å². The van der Waals surface area contributed by atoms with Crippen LogP contribution in [0.2, 0.25) is 0 Å². The Morgan fingerprint density at radius 2 is 1.83 bits per heavy atom. The molecule has 1 N–H and O–H groups in total. The normalized spacial score (nSPS) is 10.9. The van der Waals surface area contributed by atoms with Crippen LogP contribution in [0.25, 0.3) is 22.2 Å². The van der Waals surface area contributed by atoms with Gasteiger partial charge in [0.15, 0.2) is 5.13 Å². The van der Waals surface area contributed by atoms with Crippen molar-refractivity contribution in [1.82, 2.24) is 14.5 Å². The van der Waals surface area contributed by atoms with Crippen LogP contribution in [0.3, 0.4) is 0 Å². The maximum atomic E-state index is 12.8. The summed E-state index contributed by atoms with van der Waals surface area (Å²) in [5.74, 6) is 0.931. The van der Waals surface area contributed by atoms with E-state index in [0.717, 1.165) is 21.9 Å². The van der Waals surface area contributed by atoms with E-state index < -0.39 is 0 Å². The number of aryl methyl sites for hydroxylation is 2. The fourth-order valence-electron chi connectivity index (χ4n) is 3.23. The molecule has 30 heavy (non-hydrogen) atoms. The zero-order valence-corrected chi connectivity index (χ0v) is 17.6. The fourth-order valence-corrected chi connectivity index (χ4v) is 4.09. The molecule has 0 radical (unpaired) electrons. The summed E-state index contributed by atoms with van der Waals surface area (Å²) >= 11 is 1.39. The van der Waals surface area contributed by atoms with E-state index in [0.29, 0.717) is 21.9 Å². The molecule has 0 fully saturated rings. The predicted molar refractivity (Wildman–Crippen MR) is 118 cm³/mol. The second kappa shape index (κ2) is 8.08. The number of carbonyl (C=O) groups excluding carboxylic acids is 1. The van der Waals surface area contributed by atoms with E-state index in [2.05, 4.69) is 15.3 Å². The molecule has 0 aliphatic carbocycles. The van der Waals surface area contributed by atoms with Crippen LogP contribution >= 0.6 is 11.3 Å². The summed E-state index contributed by atoms with van der Waals surface area (Å²) in [6, 6.07) is 14.7. The summed E-state index contributed by atoms with van der Waals surface area (Å²) in [6.07, 6.45) is 0. The average molecular weight is 420 g/mol. The minimum absolute atomic E-state index is 0.126. The van der Waals surface area contributed by atoms with E-state index in [9.17, 15) is 9.59 Å². The van der Waals surface area contributed by atoms with Crippen molar-refractivity contribution in [2.75, 3.05) is 12.4 Å². The summed E-state index contributed by atoms with van der Waals surface area (Å²) in [6.45, 7) is 3.55. The number of hydrogen-bond acceptors (Lipinski definition) is 6. The van der Waals surface area contributed by atoms with E-state index >= 15 is 0 Å². The van der Waals surface area contributed by atoms with Crippen LogP contribution in [0, 0.1) is 13.8 Å². The van der Waals surface area contributed by atoms with Gasteiger partial charge in [-0.1, -0.05) is 12.1 Å². The smallest absolute Gasteiger partial charge is 0.261 e. The molecular weight excluding hydrogens is 400 g/mol. The molecule has 2 heterocycles. The minimum Gasteiger partial charge on any atom is -0.497 e. The number of para-hydroxylation sites is 1. The number of methoxy groups -OCH3 is 1. The van der Waals surface area contributed by atoms with Gasteiger partial charge in [-0.25, -0.2) is 9.97 Å². The first-order valence-corrected chi connectivity index (χ1v) is 10.2. The highest BCUT2D eigenvalue weighted by molar-refractivity contribution is 7.16. The standard InChI is InChI=1S/C22H20N4O3S/c1-13-20(15-8-10-16(29-3)11-9-15)25-22(30-13)24-19(27)12-26-14(2)23-18-7-5-4-6-17(18)21(26)28/h4-11H,12H2,1-3H3,(H,24,25,27). The topological polar surface area (TPSA) is 86.1 Å². The highest BCUT2D eigenvalue weighted by Gasteiger charge is 2.15. The maximum Gasteiger partial charge on any atom is 0.261 e. The van der Waals surface area contributed by atoms with Crippen molar-refractivity contribution in [3.05, 3.63) is 69.6 Å². The molecule has 4 aromatic rings. The number of anilines is 1. The molecule has 0 bridgehead atoms. The number of aromatic nitrogens is 3. The molecule has 7 nitrogen and oxygen atoms in total. The molecule has 0 aliphatic heterocycles. The number of ether oxygens (including phenoxy) is 1. The monoisotopic (exact) mass is 420 g/mol. The molecule has 1 amide bonds. The van der Waals surface area contributed by atoms with Crippen LogP contribution in [-0.2, 0) is 11.3 Å². The third-order valence-electron chi connectivity index (χ3n) is 4.76. The van der Waals surface area contributed by atoms with Crippen LogP contribution in [0.15, 0.2) is 53.3 Å². The molecule has 0 saturated heterocycles. The Bertz CT molecular complexity index is 1290. The third kappa shape index (κ3) is 3.81. The van der Waals surface area contributed by atoms with E-state index in [1.54, 1.807) is 32.2 Å². The highest BCUT2D eigenvalue weighted by Crippen LogP contribution is 2.31. The number of rotatable bonds is 5. The lowest BCUT2D eigenvalue weighted by Gasteiger charge is -2.10. The van der Waals surface area contributed by atoms with Crippen LogP contribution in [0.1, 0.15) is 10.7 Å². The van der Waals surface area contributed by atoms with Crippen LogP contribution in [0.4, 0.5) is 5.13 Å². The molecule has 8 heteroatoms. The van der Waals surface area contributed by atoms with E-state index in [4.69, 9.17) is 4.74 Å². The summed E-state index contributed by atoms with van der Waals surface area (Å²) in [5, 5.41) is 3.78. The number of nitrogens with zero attached hydrogens (tertiary/aromatic N) is 3. The second-order valence-corrected chi connectivity index (χ2v) is 7.97. The molecule has 2 aromatic heterocycles. The van der Waals surface area contributed by atoms with Gasteiger partial charge in [0, 0.05) is 10.4 Å². The quantitative estimate of drug-likeness (QED) is 0.531. The van der Waals surface area contributed by atoms with Gasteiger partial charge in [0.25, 0.3) is 5.56 Å². The van der Waals surface area contributed by atoms with Gasteiger partial charge < -0.3 is 10.1 Å². The summed E-state index contributed by atoms with van der Waals surface area (Å²) < 4.78 is 6.57. The third-order valence-corrected chi connectivity index (χ3v) is 5.65. The van der Waals surface area contributed by atoms with Gasteiger partial charge in [-0.05, 0) is 50.2 Å². The zero-order chi connectivity index (χ0) is 21.3. The van der Waals surface area contributed by atoms with Crippen LogP contribution in [0.5, 0.6) is 5.75 Å². The maximum absolute atomic E-state index is 12.8. The largest absolute Gasteiger partial charge is 0.497 e. The molecule has 0 unspecified atom stereocenters.